The van der Waals surface area contributed by atoms with Crippen molar-refractivity contribution in [1.82, 2.24) is 15.0 Å². The van der Waals surface area contributed by atoms with Crippen LogP contribution in [-0.2, 0) is 14.2 Å². The first-order valence-corrected chi connectivity index (χ1v) is 9.51. The Morgan fingerprint density at radius 3 is 2.69 bits per heavy atom. The minimum Gasteiger partial charge on any atom is -0.380 e. The first-order valence-electron chi connectivity index (χ1n) is 9.13. The van der Waals surface area contributed by atoms with Gasteiger partial charge in [-0.1, -0.05) is 0 Å². The second-order valence-electron chi connectivity index (χ2n) is 7.33. The summed E-state index contributed by atoms with van der Waals surface area (Å²) >= 11 is 6.27. The van der Waals surface area contributed by atoms with Crippen LogP contribution in [0.5, 0.6) is 0 Å². The predicted molar refractivity (Wildman–Crippen MR) is 100 cm³/mol. The molecule has 0 saturated carbocycles. The molecule has 2 aliphatic rings. The topological polar surface area (TPSA) is 72.8 Å². The smallest absolute Gasteiger partial charge is 0.232 e. The number of aromatic nitrogens is 3. The van der Waals surface area contributed by atoms with Gasteiger partial charge in [-0.15, -0.1) is 0 Å². The zero-order chi connectivity index (χ0) is 18.7. The lowest BCUT2D eigenvalue weighted by Gasteiger charge is -2.43. The number of hydrogen-bond acceptors (Lipinski definition) is 8. The van der Waals surface area contributed by atoms with Gasteiger partial charge in [0.25, 0.3) is 0 Å². The molecule has 1 aromatic rings. The Bertz CT molecular complexity index is 618. The van der Waals surface area contributed by atoms with E-state index in [0.29, 0.717) is 58.1 Å². The van der Waals surface area contributed by atoms with Gasteiger partial charge in [-0.2, -0.15) is 15.0 Å². The average molecular weight is 386 g/mol. The van der Waals surface area contributed by atoms with Crippen molar-refractivity contribution in [3.63, 3.8) is 0 Å². The van der Waals surface area contributed by atoms with Crippen LogP contribution in [0.1, 0.15) is 27.7 Å². The van der Waals surface area contributed by atoms with Crippen molar-refractivity contribution in [2.24, 2.45) is 0 Å². The lowest BCUT2D eigenvalue weighted by molar-refractivity contribution is 0.0315. The Kier molecular flexibility index (Phi) is 6.17. The summed E-state index contributed by atoms with van der Waals surface area (Å²) in [5.41, 5.74) is -0.207. The van der Waals surface area contributed by atoms with Crippen molar-refractivity contribution >= 4 is 23.5 Å². The van der Waals surface area contributed by atoms with E-state index in [0.717, 1.165) is 0 Å². The molecule has 0 radical (unpaired) electrons. The first kappa shape index (κ1) is 19.5. The lowest BCUT2D eigenvalue weighted by atomic mass is 10.0. The molecule has 0 amide bonds. The van der Waals surface area contributed by atoms with Gasteiger partial charge in [0.05, 0.1) is 50.7 Å². The zero-order valence-electron chi connectivity index (χ0n) is 15.9. The van der Waals surface area contributed by atoms with Crippen molar-refractivity contribution in [2.45, 2.75) is 45.3 Å². The van der Waals surface area contributed by atoms with Gasteiger partial charge in [-0.3, -0.25) is 0 Å². The fraction of sp³-hybridized carbons (Fsp3) is 0.824. The Morgan fingerprint density at radius 1 is 1.19 bits per heavy atom. The molecule has 2 aliphatic heterocycles. The van der Waals surface area contributed by atoms with E-state index in [-0.39, 0.29) is 22.9 Å². The van der Waals surface area contributed by atoms with E-state index in [1.54, 1.807) is 0 Å². The normalized spacial score (nSPS) is 26.2. The molecule has 3 rings (SSSR count). The molecule has 2 unspecified atom stereocenters. The summed E-state index contributed by atoms with van der Waals surface area (Å²) in [6.07, 6.45) is 0. The Balaban J connectivity index is 1.92. The van der Waals surface area contributed by atoms with Crippen LogP contribution < -0.4 is 9.80 Å². The highest BCUT2D eigenvalue weighted by atomic mass is 35.5. The summed E-state index contributed by atoms with van der Waals surface area (Å²) in [4.78, 5) is 17.8. The molecule has 8 nitrogen and oxygen atoms in total. The van der Waals surface area contributed by atoms with Gasteiger partial charge in [0.15, 0.2) is 0 Å². The van der Waals surface area contributed by atoms with Crippen LogP contribution in [0, 0.1) is 0 Å². The molecular weight excluding hydrogens is 358 g/mol. The van der Waals surface area contributed by atoms with Gasteiger partial charge in [0, 0.05) is 13.2 Å². The van der Waals surface area contributed by atoms with Crippen LogP contribution in [0.3, 0.4) is 0 Å². The molecular formula is C17H28ClN5O3. The standard InChI is InChI=1S/C17H28ClN5O3/c1-5-24-9-13-10-26-8-12(2)23(13)16-20-14(18)19-15(21-16)22-6-7-25-11-17(22,3)4/h12-13H,5-11H2,1-4H3. The molecule has 26 heavy (non-hydrogen) atoms. The molecule has 2 saturated heterocycles. The third-order valence-corrected chi connectivity index (χ3v) is 4.92. The number of ether oxygens (including phenoxy) is 3. The van der Waals surface area contributed by atoms with Gasteiger partial charge in [0.2, 0.25) is 17.2 Å². The number of halogens is 1. The fourth-order valence-electron chi connectivity index (χ4n) is 3.43. The van der Waals surface area contributed by atoms with Crippen LogP contribution >= 0.6 is 11.6 Å². The van der Waals surface area contributed by atoms with Crippen LogP contribution in [-0.4, -0.2) is 78.8 Å². The van der Waals surface area contributed by atoms with Crippen LogP contribution in [0.4, 0.5) is 11.9 Å². The van der Waals surface area contributed by atoms with Crippen molar-refractivity contribution in [1.29, 1.82) is 0 Å². The van der Waals surface area contributed by atoms with Crippen molar-refractivity contribution in [3.05, 3.63) is 5.28 Å². The average Bonchev–Trinajstić information content (AvgIpc) is 2.59. The Morgan fingerprint density at radius 2 is 1.96 bits per heavy atom. The van der Waals surface area contributed by atoms with E-state index in [1.807, 2.05) is 6.92 Å². The van der Waals surface area contributed by atoms with Crippen LogP contribution in [0.25, 0.3) is 0 Å². The molecule has 0 N–H and O–H groups in total. The number of rotatable bonds is 5. The molecule has 2 fully saturated rings. The van der Waals surface area contributed by atoms with Crippen molar-refractivity contribution in [3.8, 4) is 0 Å². The summed E-state index contributed by atoms with van der Waals surface area (Å²) in [7, 11) is 0. The SMILES string of the molecule is CCOCC1COCC(C)N1c1nc(Cl)nc(N2CCOCC2(C)C)n1. The Hall–Kier alpha value is -1.22. The van der Waals surface area contributed by atoms with Crippen molar-refractivity contribution < 1.29 is 14.2 Å². The number of morpholine rings is 2. The highest BCUT2D eigenvalue weighted by molar-refractivity contribution is 6.28. The molecule has 0 spiro atoms. The summed E-state index contributed by atoms with van der Waals surface area (Å²) in [6.45, 7) is 12.7. The first-order chi connectivity index (χ1) is 12.4. The van der Waals surface area contributed by atoms with Crippen molar-refractivity contribution in [2.75, 3.05) is 56.0 Å². The Labute approximate surface area is 159 Å². The maximum Gasteiger partial charge on any atom is 0.232 e. The second-order valence-corrected chi connectivity index (χ2v) is 7.67. The summed E-state index contributed by atoms with van der Waals surface area (Å²) < 4.78 is 16.9. The summed E-state index contributed by atoms with van der Waals surface area (Å²) in [5.74, 6) is 1.16. The molecule has 9 heteroatoms. The quantitative estimate of drug-likeness (QED) is 0.759. The minimum atomic E-state index is -0.207. The summed E-state index contributed by atoms with van der Waals surface area (Å²) in [6, 6.07) is 0.168. The van der Waals surface area contributed by atoms with E-state index in [9.17, 15) is 0 Å². The molecule has 3 heterocycles. The number of nitrogens with zero attached hydrogens (tertiary/aromatic N) is 5. The highest BCUT2D eigenvalue weighted by Crippen LogP contribution is 2.28. The molecule has 2 atom stereocenters. The molecule has 146 valence electrons. The van der Waals surface area contributed by atoms with E-state index < -0.39 is 0 Å². The van der Waals surface area contributed by atoms with E-state index in [1.165, 1.54) is 0 Å². The van der Waals surface area contributed by atoms with E-state index in [4.69, 9.17) is 30.8 Å². The van der Waals surface area contributed by atoms with Gasteiger partial charge in [0.1, 0.15) is 0 Å². The lowest BCUT2D eigenvalue weighted by Crippen LogP contribution is -2.55. The largest absolute Gasteiger partial charge is 0.380 e. The molecule has 0 aliphatic carbocycles. The fourth-order valence-corrected chi connectivity index (χ4v) is 3.58. The van der Waals surface area contributed by atoms with E-state index in [2.05, 4.69) is 40.5 Å². The third kappa shape index (κ3) is 4.19. The van der Waals surface area contributed by atoms with Gasteiger partial charge < -0.3 is 24.0 Å². The highest BCUT2D eigenvalue weighted by Gasteiger charge is 2.35. The maximum absolute atomic E-state index is 6.27. The van der Waals surface area contributed by atoms with Gasteiger partial charge in [-0.25, -0.2) is 0 Å². The van der Waals surface area contributed by atoms with Gasteiger partial charge in [-0.05, 0) is 39.3 Å². The molecule has 0 aromatic carbocycles. The number of hydrogen-bond donors (Lipinski definition) is 0. The van der Waals surface area contributed by atoms with Gasteiger partial charge >= 0.3 is 0 Å². The summed E-state index contributed by atoms with van der Waals surface area (Å²) in [5, 5.41) is 0.196. The van der Waals surface area contributed by atoms with E-state index >= 15 is 0 Å². The van der Waals surface area contributed by atoms with Crippen LogP contribution in [0.15, 0.2) is 0 Å². The monoisotopic (exact) mass is 385 g/mol. The zero-order valence-corrected chi connectivity index (χ0v) is 16.7. The third-order valence-electron chi connectivity index (χ3n) is 4.75. The van der Waals surface area contributed by atoms with Crippen LogP contribution in [0.2, 0.25) is 5.28 Å². The maximum atomic E-state index is 6.27. The number of anilines is 2. The predicted octanol–water partition coefficient (Wildman–Crippen LogP) is 1.77. The molecule has 1 aromatic heterocycles. The molecule has 0 bridgehead atoms. The second kappa shape index (κ2) is 8.21. The minimum absolute atomic E-state index is 0.0442.